The number of hydrogen-bond acceptors (Lipinski definition) is 3. The Morgan fingerprint density at radius 2 is 1.89 bits per heavy atom. The lowest BCUT2D eigenvalue weighted by Gasteiger charge is -2.18. The summed E-state index contributed by atoms with van der Waals surface area (Å²) in [5.41, 5.74) is 0.967. The molecule has 0 bridgehead atoms. The number of ether oxygens (including phenoxy) is 2. The summed E-state index contributed by atoms with van der Waals surface area (Å²) in [7, 11) is 0. The first-order valence-corrected chi connectivity index (χ1v) is 6.22. The number of benzene rings is 1. The van der Waals surface area contributed by atoms with Gasteiger partial charge >= 0.3 is 5.97 Å². The van der Waals surface area contributed by atoms with E-state index in [1.54, 1.807) is 6.92 Å². The van der Waals surface area contributed by atoms with Crippen LogP contribution in [-0.4, -0.2) is 24.3 Å². The van der Waals surface area contributed by atoms with Crippen molar-refractivity contribution in [2.45, 2.75) is 26.2 Å². The van der Waals surface area contributed by atoms with Crippen LogP contribution in [0, 0.1) is 5.92 Å². The van der Waals surface area contributed by atoms with Crippen LogP contribution in [-0.2, 0) is 4.79 Å². The first kappa shape index (κ1) is 12.7. The second-order valence-corrected chi connectivity index (χ2v) is 4.67. The second-order valence-electron chi connectivity index (χ2n) is 4.67. The summed E-state index contributed by atoms with van der Waals surface area (Å²) in [4.78, 5) is 11.0. The molecule has 4 heteroatoms. The van der Waals surface area contributed by atoms with Crippen LogP contribution >= 0.6 is 0 Å². The van der Waals surface area contributed by atoms with Crippen molar-refractivity contribution in [3.05, 3.63) is 23.8 Å². The SMILES string of the molecule is CC(C(=O)O)C(C)c1ccc2c(c1)OCCCO2. The first-order chi connectivity index (χ1) is 8.59. The van der Waals surface area contributed by atoms with Crippen molar-refractivity contribution < 1.29 is 19.4 Å². The molecule has 1 aromatic rings. The lowest BCUT2D eigenvalue weighted by Crippen LogP contribution is -2.16. The summed E-state index contributed by atoms with van der Waals surface area (Å²) in [6.45, 7) is 4.93. The van der Waals surface area contributed by atoms with Gasteiger partial charge in [-0.15, -0.1) is 0 Å². The van der Waals surface area contributed by atoms with Crippen LogP contribution in [0.15, 0.2) is 18.2 Å². The van der Waals surface area contributed by atoms with Crippen LogP contribution in [0.4, 0.5) is 0 Å². The Kier molecular flexibility index (Phi) is 3.75. The molecule has 1 aliphatic rings. The smallest absolute Gasteiger partial charge is 0.306 e. The van der Waals surface area contributed by atoms with Crippen molar-refractivity contribution >= 4 is 5.97 Å². The molecule has 0 amide bonds. The molecule has 98 valence electrons. The molecule has 18 heavy (non-hydrogen) atoms. The average molecular weight is 250 g/mol. The number of carboxylic acid groups (broad SMARTS) is 1. The molecule has 2 atom stereocenters. The van der Waals surface area contributed by atoms with Gasteiger partial charge in [-0.25, -0.2) is 0 Å². The van der Waals surface area contributed by atoms with Gasteiger partial charge in [0.05, 0.1) is 19.1 Å². The molecule has 0 saturated heterocycles. The normalized spacial score (nSPS) is 17.7. The monoisotopic (exact) mass is 250 g/mol. The lowest BCUT2D eigenvalue weighted by atomic mass is 9.89. The minimum Gasteiger partial charge on any atom is -0.490 e. The van der Waals surface area contributed by atoms with Crippen LogP contribution < -0.4 is 9.47 Å². The maximum absolute atomic E-state index is 11.0. The van der Waals surface area contributed by atoms with Crippen molar-refractivity contribution in [1.82, 2.24) is 0 Å². The fourth-order valence-corrected chi connectivity index (χ4v) is 1.97. The molecular formula is C14H18O4. The molecule has 0 saturated carbocycles. The van der Waals surface area contributed by atoms with E-state index in [1.165, 1.54) is 0 Å². The molecule has 0 aliphatic carbocycles. The van der Waals surface area contributed by atoms with E-state index < -0.39 is 11.9 Å². The zero-order valence-electron chi connectivity index (χ0n) is 10.7. The Bertz CT molecular complexity index is 441. The molecule has 1 N–H and O–H groups in total. The fourth-order valence-electron chi connectivity index (χ4n) is 1.97. The van der Waals surface area contributed by atoms with Gasteiger partial charge < -0.3 is 14.6 Å². The van der Waals surface area contributed by atoms with Gasteiger partial charge in [-0.05, 0) is 23.6 Å². The molecule has 1 aromatic carbocycles. The predicted molar refractivity (Wildman–Crippen MR) is 67.3 cm³/mol. The number of aliphatic carboxylic acids is 1. The molecule has 1 aliphatic heterocycles. The topological polar surface area (TPSA) is 55.8 Å². The zero-order valence-corrected chi connectivity index (χ0v) is 10.7. The number of rotatable bonds is 3. The molecule has 1 heterocycles. The summed E-state index contributed by atoms with van der Waals surface area (Å²) in [6, 6.07) is 5.67. The van der Waals surface area contributed by atoms with Crippen molar-refractivity contribution in [2.24, 2.45) is 5.92 Å². The predicted octanol–water partition coefficient (Wildman–Crippen LogP) is 2.67. The molecule has 4 nitrogen and oxygen atoms in total. The Morgan fingerprint density at radius 3 is 2.56 bits per heavy atom. The van der Waals surface area contributed by atoms with Crippen molar-refractivity contribution in [3.8, 4) is 11.5 Å². The summed E-state index contributed by atoms with van der Waals surface area (Å²) in [5.74, 6) is 0.199. The zero-order chi connectivity index (χ0) is 13.1. The lowest BCUT2D eigenvalue weighted by molar-refractivity contribution is -0.141. The molecular weight excluding hydrogens is 232 g/mol. The number of hydrogen-bond donors (Lipinski definition) is 1. The highest BCUT2D eigenvalue weighted by molar-refractivity contribution is 5.71. The van der Waals surface area contributed by atoms with Gasteiger partial charge in [0.15, 0.2) is 11.5 Å². The molecule has 0 spiro atoms. The van der Waals surface area contributed by atoms with Crippen molar-refractivity contribution in [2.75, 3.05) is 13.2 Å². The molecule has 0 fully saturated rings. The standard InChI is InChI=1S/C14H18O4/c1-9(10(2)14(15)16)11-4-5-12-13(8-11)18-7-3-6-17-12/h4-5,8-10H,3,6-7H2,1-2H3,(H,15,16). The maximum Gasteiger partial charge on any atom is 0.306 e. The summed E-state index contributed by atoms with van der Waals surface area (Å²) < 4.78 is 11.2. The highest BCUT2D eigenvalue weighted by atomic mass is 16.5. The Hall–Kier alpha value is -1.71. The van der Waals surface area contributed by atoms with E-state index in [0.717, 1.165) is 23.5 Å². The van der Waals surface area contributed by atoms with Gasteiger partial charge in [-0.3, -0.25) is 4.79 Å². The number of fused-ring (bicyclic) bond motifs is 1. The van der Waals surface area contributed by atoms with Crippen LogP contribution in [0.1, 0.15) is 31.7 Å². The van der Waals surface area contributed by atoms with Crippen LogP contribution in [0.5, 0.6) is 11.5 Å². The Morgan fingerprint density at radius 1 is 1.22 bits per heavy atom. The summed E-state index contributed by atoms with van der Waals surface area (Å²) in [6.07, 6.45) is 0.866. The largest absolute Gasteiger partial charge is 0.490 e. The highest BCUT2D eigenvalue weighted by Crippen LogP contribution is 2.34. The molecule has 0 aromatic heterocycles. The van der Waals surface area contributed by atoms with Gasteiger partial charge in [0.1, 0.15) is 0 Å². The maximum atomic E-state index is 11.0. The van der Waals surface area contributed by atoms with E-state index in [2.05, 4.69) is 0 Å². The third kappa shape index (κ3) is 2.58. The van der Waals surface area contributed by atoms with Crippen LogP contribution in [0.2, 0.25) is 0 Å². The fraction of sp³-hybridized carbons (Fsp3) is 0.500. The first-order valence-electron chi connectivity index (χ1n) is 6.22. The van der Waals surface area contributed by atoms with E-state index in [0.29, 0.717) is 13.2 Å². The van der Waals surface area contributed by atoms with Crippen molar-refractivity contribution in [1.29, 1.82) is 0 Å². The minimum absolute atomic E-state index is 0.0559. The van der Waals surface area contributed by atoms with Gasteiger partial charge in [0, 0.05) is 6.42 Å². The number of carbonyl (C=O) groups is 1. The van der Waals surface area contributed by atoms with Gasteiger partial charge in [-0.2, -0.15) is 0 Å². The molecule has 2 rings (SSSR count). The quantitative estimate of drug-likeness (QED) is 0.896. The van der Waals surface area contributed by atoms with Gasteiger partial charge in [-0.1, -0.05) is 19.9 Å². The van der Waals surface area contributed by atoms with E-state index >= 15 is 0 Å². The average Bonchev–Trinajstić information content (AvgIpc) is 2.60. The third-order valence-corrected chi connectivity index (χ3v) is 3.44. The van der Waals surface area contributed by atoms with Crippen LogP contribution in [0.3, 0.4) is 0 Å². The van der Waals surface area contributed by atoms with E-state index in [9.17, 15) is 4.79 Å². The van der Waals surface area contributed by atoms with E-state index in [4.69, 9.17) is 14.6 Å². The Balaban J connectivity index is 2.25. The van der Waals surface area contributed by atoms with Gasteiger partial charge in [0.2, 0.25) is 0 Å². The van der Waals surface area contributed by atoms with Crippen molar-refractivity contribution in [3.63, 3.8) is 0 Å². The van der Waals surface area contributed by atoms with Gasteiger partial charge in [0.25, 0.3) is 0 Å². The number of carboxylic acids is 1. The molecule has 2 unspecified atom stereocenters. The van der Waals surface area contributed by atoms with E-state index in [-0.39, 0.29) is 5.92 Å². The summed E-state index contributed by atoms with van der Waals surface area (Å²) in [5, 5.41) is 9.04. The van der Waals surface area contributed by atoms with E-state index in [1.807, 2.05) is 25.1 Å². The molecule has 0 radical (unpaired) electrons. The third-order valence-electron chi connectivity index (χ3n) is 3.44. The second kappa shape index (κ2) is 5.29. The van der Waals surface area contributed by atoms with Crippen LogP contribution in [0.25, 0.3) is 0 Å². The summed E-state index contributed by atoms with van der Waals surface area (Å²) >= 11 is 0. The minimum atomic E-state index is -0.783. The highest BCUT2D eigenvalue weighted by Gasteiger charge is 2.22. The Labute approximate surface area is 107 Å².